The van der Waals surface area contributed by atoms with Crippen LogP contribution in [0.1, 0.15) is 18.4 Å². The molecule has 2 unspecified atom stereocenters. The second-order valence-electron chi connectivity index (χ2n) is 6.16. The molecule has 0 radical (unpaired) electrons. The molecule has 1 saturated heterocycles. The van der Waals surface area contributed by atoms with E-state index in [9.17, 15) is 18.3 Å². The molecular weight excluding hydrogens is 323 g/mol. The van der Waals surface area contributed by atoms with Crippen LogP contribution in [0.25, 0.3) is 0 Å². The van der Waals surface area contributed by atoms with Crippen molar-refractivity contribution in [2.45, 2.75) is 31.7 Å². The molecule has 1 aliphatic heterocycles. The highest BCUT2D eigenvalue weighted by Crippen LogP contribution is 2.33. The van der Waals surface area contributed by atoms with Crippen molar-refractivity contribution in [3.8, 4) is 5.75 Å². The lowest BCUT2D eigenvalue weighted by Crippen LogP contribution is -2.45. The van der Waals surface area contributed by atoms with Gasteiger partial charge in [0.15, 0.2) is 0 Å². The summed E-state index contributed by atoms with van der Waals surface area (Å²) in [6.45, 7) is 1.14. The van der Waals surface area contributed by atoms with Gasteiger partial charge in [-0.2, -0.15) is 13.2 Å². The van der Waals surface area contributed by atoms with Gasteiger partial charge in [-0.1, -0.05) is 12.1 Å². The first-order chi connectivity index (χ1) is 11.4. The summed E-state index contributed by atoms with van der Waals surface area (Å²) in [5.74, 6) is -0.570. The first-order valence-corrected chi connectivity index (χ1v) is 8.06. The number of aliphatic hydroxyl groups is 1. The molecule has 0 aromatic heterocycles. The summed E-state index contributed by atoms with van der Waals surface area (Å²) in [6, 6.07) is 7.39. The van der Waals surface area contributed by atoms with Crippen molar-refractivity contribution in [3.63, 3.8) is 0 Å². The lowest BCUT2D eigenvalue weighted by atomic mass is 9.97. The van der Waals surface area contributed by atoms with Gasteiger partial charge in [0.25, 0.3) is 0 Å². The van der Waals surface area contributed by atoms with E-state index >= 15 is 0 Å². The third kappa shape index (κ3) is 5.96. The van der Waals surface area contributed by atoms with Gasteiger partial charge in [-0.3, -0.25) is 0 Å². The smallest absolute Gasteiger partial charge is 0.393 e. The molecule has 2 rings (SSSR count). The third-order valence-electron chi connectivity index (χ3n) is 4.15. The zero-order chi connectivity index (χ0) is 17.6. The van der Waals surface area contributed by atoms with Gasteiger partial charge < -0.3 is 19.5 Å². The predicted molar refractivity (Wildman–Crippen MR) is 83.9 cm³/mol. The number of piperidine rings is 1. The summed E-state index contributed by atoms with van der Waals surface area (Å²) in [4.78, 5) is 1.67. The molecular formula is C17H24F3NO3. The highest BCUT2D eigenvalue weighted by Gasteiger charge is 2.41. The lowest BCUT2D eigenvalue weighted by molar-refractivity contribution is -0.187. The fourth-order valence-corrected chi connectivity index (χ4v) is 2.91. The molecule has 1 N–H and O–H groups in total. The van der Waals surface area contributed by atoms with Crippen LogP contribution in [-0.4, -0.2) is 55.6 Å². The number of methoxy groups -OCH3 is 1. The van der Waals surface area contributed by atoms with Gasteiger partial charge in [0.1, 0.15) is 5.75 Å². The minimum atomic E-state index is -4.16. The number of nitrogens with zero attached hydrogens (tertiary/aromatic N) is 1. The van der Waals surface area contributed by atoms with Gasteiger partial charge in [-0.25, -0.2) is 0 Å². The van der Waals surface area contributed by atoms with Crippen molar-refractivity contribution in [1.82, 2.24) is 4.90 Å². The summed E-state index contributed by atoms with van der Waals surface area (Å²) >= 11 is 0. The van der Waals surface area contributed by atoms with Crippen molar-refractivity contribution < 1.29 is 27.8 Å². The maximum Gasteiger partial charge on any atom is 0.393 e. The molecule has 0 spiro atoms. The van der Waals surface area contributed by atoms with Crippen LogP contribution >= 0.6 is 0 Å². The van der Waals surface area contributed by atoms with Crippen molar-refractivity contribution in [2.75, 3.05) is 33.4 Å². The van der Waals surface area contributed by atoms with E-state index in [-0.39, 0.29) is 26.1 Å². The fourth-order valence-electron chi connectivity index (χ4n) is 2.91. The Morgan fingerprint density at radius 3 is 2.88 bits per heavy atom. The number of hydrogen-bond donors (Lipinski definition) is 1. The second-order valence-corrected chi connectivity index (χ2v) is 6.16. The van der Waals surface area contributed by atoms with Crippen LogP contribution < -0.4 is 4.74 Å². The Balaban J connectivity index is 1.72. The number of aliphatic hydroxyl groups excluding tert-OH is 1. The van der Waals surface area contributed by atoms with Crippen molar-refractivity contribution in [1.29, 1.82) is 0 Å². The molecule has 0 saturated carbocycles. The number of β-amino-alcohol motifs (C(OH)–C–C–N with tert-alkyl or cyclic N) is 1. The molecule has 24 heavy (non-hydrogen) atoms. The molecule has 1 aromatic carbocycles. The van der Waals surface area contributed by atoms with Gasteiger partial charge in [-0.15, -0.1) is 0 Å². The van der Waals surface area contributed by atoms with Crippen LogP contribution in [0.3, 0.4) is 0 Å². The normalized spacial score (nSPS) is 20.8. The summed E-state index contributed by atoms with van der Waals surface area (Å²) in [5, 5.41) is 10.00. The van der Waals surface area contributed by atoms with Crippen LogP contribution in [-0.2, 0) is 11.3 Å². The van der Waals surface area contributed by atoms with E-state index in [0.29, 0.717) is 19.6 Å². The molecule has 136 valence electrons. The Hall–Kier alpha value is -1.31. The quantitative estimate of drug-likeness (QED) is 0.824. The number of ether oxygens (including phenoxy) is 2. The SMILES string of the molecule is COc1cccc(COCC(O)CN2CCCC(C(F)(F)F)C2)c1. The van der Waals surface area contributed by atoms with Crippen LogP contribution in [0.2, 0.25) is 0 Å². The second kappa shape index (κ2) is 8.69. The summed E-state index contributed by atoms with van der Waals surface area (Å²) in [6.07, 6.45) is -4.29. The molecule has 0 bridgehead atoms. The Labute approximate surface area is 140 Å². The van der Waals surface area contributed by atoms with Crippen molar-refractivity contribution in [3.05, 3.63) is 29.8 Å². The highest BCUT2D eigenvalue weighted by molar-refractivity contribution is 5.27. The standard InChI is InChI=1S/C17H24F3NO3/c1-23-16-6-2-4-13(8-16)11-24-12-15(22)10-21-7-3-5-14(9-21)17(18,19)20/h2,4,6,8,14-15,22H,3,5,7,9-12H2,1H3. The Morgan fingerprint density at radius 2 is 2.17 bits per heavy atom. The number of likely N-dealkylation sites (tertiary alicyclic amines) is 1. The predicted octanol–water partition coefficient (Wildman–Crippen LogP) is 2.85. The first-order valence-electron chi connectivity index (χ1n) is 8.06. The number of alkyl halides is 3. The van der Waals surface area contributed by atoms with Crippen LogP contribution in [0.5, 0.6) is 5.75 Å². The third-order valence-corrected chi connectivity index (χ3v) is 4.15. The van der Waals surface area contributed by atoms with Crippen LogP contribution in [0.15, 0.2) is 24.3 Å². The summed E-state index contributed by atoms with van der Waals surface area (Å²) in [7, 11) is 1.58. The minimum Gasteiger partial charge on any atom is -0.497 e. The van der Waals surface area contributed by atoms with E-state index in [1.807, 2.05) is 24.3 Å². The van der Waals surface area contributed by atoms with E-state index in [4.69, 9.17) is 9.47 Å². The molecule has 0 amide bonds. The molecule has 4 nitrogen and oxygen atoms in total. The average molecular weight is 347 g/mol. The van der Waals surface area contributed by atoms with Crippen LogP contribution in [0.4, 0.5) is 13.2 Å². The van der Waals surface area contributed by atoms with Crippen LogP contribution in [0, 0.1) is 5.92 Å². The number of halogens is 3. The minimum absolute atomic E-state index is 0.0452. The Bertz CT molecular complexity index is 510. The van der Waals surface area contributed by atoms with E-state index in [2.05, 4.69) is 0 Å². The van der Waals surface area contributed by atoms with E-state index in [1.54, 1.807) is 12.0 Å². The molecule has 2 atom stereocenters. The molecule has 7 heteroatoms. The average Bonchev–Trinajstić information content (AvgIpc) is 2.54. The van der Waals surface area contributed by atoms with E-state index in [0.717, 1.165) is 11.3 Å². The maximum absolute atomic E-state index is 12.8. The van der Waals surface area contributed by atoms with Gasteiger partial charge >= 0.3 is 6.18 Å². The highest BCUT2D eigenvalue weighted by atomic mass is 19.4. The number of hydrogen-bond acceptors (Lipinski definition) is 4. The molecule has 1 aromatic rings. The Morgan fingerprint density at radius 1 is 1.38 bits per heavy atom. The summed E-state index contributed by atoms with van der Waals surface area (Å²) < 4.78 is 48.9. The first kappa shape index (κ1) is 19.0. The molecule has 1 heterocycles. The Kier molecular flexibility index (Phi) is 6.89. The number of benzene rings is 1. The summed E-state index contributed by atoms with van der Waals surface area (Å²) in [5.41, 5.74) is 0.914. The fraction of sp³-hybridized carbons (Fsp3) is 0.647. The van der Waals surface area contributed by atoms with E-state index < -0.39 is 18.2 Å². The van der Waals surface area contributed by atoms with Gasteiger partial charge in [0.2, 0.25) is 0 Å². The van der Waals surface area contributed by atoms with Gasteiger partial charge in [-0.05, 0) is 37.1 Å². The molecule has 1 fully saturated rings. The van der Waals surface area contributed by atoms with Crippen molar-refractivity contribution in [2.24, 2.45) is 5.92 Å². The monoisotopic (exact) mass is 347 g/mol. The van der Waals surface area contributed by atoms with Crippen molar-refractivity contribution >= 4 is 0 Å². The lowest BCUT2D eigenvalue weighted by Gasteiger charge is -2.34. The zero-order valence-electron chi connectivity index (χ0n) is 13.8. The maximum atomic E-state index is 12.8. The molecule has 1 aliphatic rings. The molecule has 0 aliphatic carbocycles. The van der Waals surface area contributed by atoms with Gasteiger partial charge in [0.05, 0.1) is 32.3 Å². The van der Waals surface area contributed by atoms with E-state index in [1.165, 1.54) is 0 Å². The topological polar surface area (TPSA) is 41.9 Å². The largest absolute Gasteiger partial charge is 0.497 e. The number of rotatable bonds is 7. The van der Waals surface area contributed by atoms with Gasteiger partial charge in [0, 0.05) is 13.1 Å². The zero-order valence-corrected chi connectivity index (χ0v) is 13.8.